The second kappa shape index (κ2) is 4.87. The van der Waals surface area contributed by atoms with Gasteiger partial charge in [-0.1, -0.05) is 0 Å². The molecule has 0 saturated carbocycles. The first-order valence-electron chi connectivity index (χ1n) is 5.01. The van der Waals surface area contributed by atoms with Gasteiger partial charge >= 0.3 is 5.97 Å². The zero-order valence-corrected chi connectivity index (χ0v) is 11.6. The summed E-state index contributed by atoms with van der Waals surface area (Å²) in [6.07, 6.45) is 5.24. The largest absolute Gasteiger partial charge is 0.466 e. The molecule has 17 heavy (non-hydrogen) atoms. The topological polar surface area (TPSA) is 43.6 Å². The van der Waals surface area contributed by atoms with E-state index < -0.39 is 0 Å². The van der Waals surface area contributed by atoms with E-state index in [2.05, 4.69) is 32.3 Å². The maximum atomic E-state index is 11.2. The average molecular weight is 342 g/mol. The first-order valence-corrected chi connectivity index (χ1v) is 6.09. The van der Waals surface area contributed by atoms with Gasteiger partial charge in [-0.05, 0) is 52.8 Å². The number of allylic oxidation sites excluding steroid dienone is 1. The van der Waals surface area contributed by atoms with Crippen LogP contribution in [0.2, 0.25) is 0 Å². The molecule has 0 aliphatic heterocycles. The highest BCUT2D eigenvalue weighted by atomic mass is 127. The number of hydrogen-bond acceptors (Lipinski definition) is 3. The van der Waals surface area contributed by atoms with Crippen molar-refractivity contribution in [2.45, 2.75) is 6.92 Å². The third kappa shape index (κ3) is 2.49. The summed E-state index contributed by atoms with van der Waals surface area (Å²) >= 11 is 2.22. The molecular formula is C12H11IN2O2. The summed E-state index contributed by atoms with van der Waals surface area (Å²) in [6, 6.07) is 3.86. The van der Waals surface area contributed by atoms with Gasteiger partial charge in [0, 0.05) is 12.3 Å². The lowest BCUT2D eigenvalue weighted by atomic mass is 10.1. The van der Waals surface area contributed by atoms with Crippen molar-refractivity contribution in [2.24, 2.45) is 0 Å². The first-order chi connectivity index (χ1) is 8.11. The Labute approximate surface area is 112 Å². The van der Waals surface area contributed by atoms with Crippen LogP contribution in [0.1, 0.15) is 12.5 Å². The quantitative estimate of drug-likeness (QED) is 0.479. The van der Waals surface area contributed by atoms with Crippen molar-refractivity contribution in [3.8, 4) is 0 Å². The minimum absolute atomic E-state index is 0.345. The summed E-state index contributed by atoms with van der Waals surface area (Å²) in [5, 5.41) is 0. The Balaban J connectivity index is 2.45. The summed E-state index contributed by atoms with van der Waals surface area (Å²) in [4.78, 5) is 15.4. The van der Waals surface area contributed by atoms with Crippen molar-refractivity contribution in [3.05, 3.63) is 39.9 Å². The van der Waals surface area contributed by atoms with E-state index in [1.807, 2.05) is 29.7 Å². The second-order valence-corrected chi connectivity index (χ2v) is 4.68. The molecule has 88 valence electrons. The van der Waals surface area contributed by atoms with Crippen LogP contribution in [0.15, 0.2) is 30.6 Å². The van der Waals surface area contributed by atoms with Gasteiger partial charge in [0.2, 0.25) is 0 Å². The molecule has 0 saturated heterocycles. The van der Waals surface area contributed by atoms with E-state index in [0.717, 1.165) is 20.5 Å². The Hall–Kier alpha value is -1.37. The molecule has 0 fully saturated rings. The van der Waals surface area contributed by atoms with Gasteiger partial charge in [0.1, 0.15) is 9.35 Å². The van der Waals surface area contributed by atoms with E-state index >= 15 is 0 Å². The molecule has 0 atom stereocenters. The van der Waals surface area contributed by atoms with Crippen molar-refractivity contribution in [3.63, 3.8) is 0 Å². The Morgan fingerprint density at radius 1 is 1.53 bits per heavy atom. The fourth-order valence-electron chi connectivity index (χ4n) is 1.50. The lowest BCUT2D eigenvalue weighted by Crippen LogP contribution is -1.97. The van der Waals surface area contributed by atoms with E-state index in [1.54, 1.807) is 6.20 Å². The van der Waals surface area contributed by atoms with Gasteiger partial charge in [-0.15, -0.1) is 0 Å². The van der Waals surface area contributed by atoms with Crippen LogP contribution in [-0.2, 0) is 9.53 Å². The molecule has 0 N–H and O–H groups in total. The van der Waals surface area contributed by atoms with Crippen LogP contribution < -0.4 is 0 Å². The molecule has 0 aliphatic rings. The maximum Gasteiger partial charge on any atom is 0.330 e. The number of fused-ring (bicyclic) bond motifs is 1. The Kier molecular flexibility index (Phi) is 3.46. The van der Waals surface area contributed by atoms with Crippen LogP contribution in [0, 0.1) is 3.70 Å². The summed E-state index contributed by atoms with van der Waals surface area (Å²) in [7, 11) is 1.37. The molecule has 0 spiro atoms. The third-order valence-corrected chi connectivity index (χ3v) is 3.25. The van der Waals surface area contributed by atoms with Gasteiger partial charge in [-0.2, -0.15) is 0 Å². The Morgan fingerprint density at radius 2 is 2.29 bits per heavy atom. The van der Waals surface area contributed by atoms with Gasteiger partial charge in [0.25, 0.3) is 0 Å². The number of carbonyl (C=O) groups excluding carboxylic acids is 1. The number of hydrogen-bond donors (Lipinski definition) is 0. The van der Waals surface area contributed by atoms with Crippen LogP contribution in [0.3, 0.4) is 0 Å². The zero-order chi connectivity index (χ0) is 12.4. The molecule has 0 amide bonds. The average Bonchev–Trinajstić information content (AvgIpc) is 2.70. The summed E-state index contributed by atoms with van der Waals surface area (Å²) in [5.41, 5.74) is 2.73. The molecule has 4 nitrogen and oxygen atoms in total. The van der Waals surface area contributed by atoms with E-state index in [4.69, 9.17) is 0 Å². The normalized spacial score (nSPS) is 11.8. The SMILES string of the molecule is COC(=O)C=C(C)c1ccc2ncc(I)n2c1. The molecule has 2 heterocycles. The van der Waals surface area contributed by atoms with E-state index in [1.165, 1.54) is 13.2 Å². The minimum atomic E-state index is -0.345. The van der Waals surface area contributed by atoms with E-state index in [9.17, 15) is 4.79 Å². The van der Waals surface area contributed by atoms with Gasteiger partial charge in [-0.3, -0.25) is 4.40 Å². The lowest BCUT2D eigenvalue weighted by molar-refractivity contribution is -0.134. The van der Waals surface area contributed by atoms with E-state index in [0.29, 0.717) is 0 Å². The molecule has 5 heteroatoms. The van der Waals surface area contributed by atoms with Crippen molar-refractivity contribution in [2.75, 3.05) is 7.11 Å². The van der Waals surface area contributed by atoms with Crippen molar-refractivity contribution >= 4 is 39.8 Å². The van der Waals surface area contributed by atoms with Crippen LogP contribution >= 0.6 is 22.6 Å². The molecule has 0 bridgehead atoms. The number of nitrogens with zero attached hydrogens (tertiary/aromatic N) is 2. The van der Waals surface area contributed by atoms with Crippen LogP contribution in [-0.4, -0.2) is 22.5 Å². The van der Waals surface area contributed by atoms with Gasteiger partial charge in [-0.25, -0.2) is 9.78 Å². The number of esters is 1. The van der Waals surface area contributed by atoms with E-state index in [-0.39, 0.29) is 5.97 Å². The monoisotopic (exact) mass is 342 g/mol. The van der Waals surface area contributed by atoms with Crippen LogP contribution in [0.5, 0.6) is 0 Å². The van der Waals surface area contributed by atoms with Crippen molar-refractivity contribution in [1.29, 1.82) is 0 Å². The fourth-order valence-corrected chi connectivity index (χ4v) is 2.03. The third-order valence-electron chi connectivity index (χ3n) is 2.45. The second-order valence-electron chi connectivity index (χ2n) is 3.58. The lowest BCUT2D eigenvalue weighted by Gasteiger charge is -2.03. The predicted molar refractivity (Wildman–Crippen MR) is 73.6 cm³/mol. The number of rotatable bonds is 2. The maximum absolute atomic E-state index is 11.2. The minimum Gasteiger partial charge on any atom is -0.466 e. The predicted octanol–water partition coefficient (Wildman–Crippen LogP) is 2.52. The number of aromatic nitrogens is 2. The zero-order valence-electron chi connectivity index (χ0n) is 9.48. The highest BCUT2D eigenvalue weighted by molar-refractivity contribution is 14.1. The fraction of sp³-hybridized carbons (Fsp3) is 0.167. The van der Waals surface area contributed by atoms with Crippen molar-refractivity contribution < 1.29 is 9.53 Å². The summed E-state index contributed by atoms with van der Waals surface area (Å²) in [5.74, 6) is -0.345. The highest BCUT2D eigenvalue weighted by Gasteiger charge is 2.04. The molecule has 0 aliphatic carbocycles. The number of methoxy groups -OCH3 is 1. The van der Waals surface area contributed by atoms with Gasteiger partial charge in [0.15, 0.2) is 0 Å². The van der Waals surface area contributed by atoms with Gasteiger partial charge in [0.05, 0.1) is 13.3 Å². The molecule has 2 aromatic heterocycles. The Morgan fingerprint density at radius 3 is 3.00 bits per heavy atom. The Bertz CT molecular complexity index is 602. The number of imidazole rings is 1. The number of pyridine rings is 1. The highest BCUT2D eigenvalue weighted by Crippen LogP contribution is 2.17. The molecule has 0 aromatic carbocycles. The molecular weight excluding hydrogens is 331 g/mol. The number of carbonyl (C=O) groups is 1. The van der Waals surface area contributed by atoms with Gasteiger partial charge < -0.3 is 4.74 Å². The molecule has 2 rings (SSSR count). The standard InChI is InChI=1S/C12H11IN2O2/c1-8(5-12(16)17-2)9-3-4-11-14-6-10(13)15(11)7-9/h3-7H,1-2H3. The van der Waals surface area contributed by atoms with Crippen LogP contribution in [0.4, 0.5) is 0 Å². The number of ether oxygens (including phenoxy) is 1. The van der Waals surface area contributed by atoms with Crippen LogP contribution in [0.25, 0.3) is 11.2 Å². The smallest absolute Gasteiger partial charge is 0.330 e. The molecule has 0 unspecified atom stereocenters. The van der Waals surface area contributed by atoms with Crippen molar-refractivity contribution in [1.82, 2.24) is 9.38 Å². The molecule has 0 radical (unpaired) electrons. The molecule has 2 aromatic rings. The number of halogens is 1. The summed E-state index contributed by atoms with van der Waals surface area (Å²) in [6.45, 7) is 1.88. The summed E-state index contributed by atoms with van der Waals surface area (Å²) < 4.78 is 7.61. The first kappa shape index (κ1) is 12.1.